The van der Waals surface area contributed by atoms with Crippen LogP contribution in [0.2, 0.25) is 0 Å². The number of fused-ring (bicyclic) bond motifs is 2. The summed E-state index contributed by atoms with van der Waals surface area (Å²) in [6, 6.07) is 4.64. The van der Waals surface area contributed by atoms with Gasteiger partial charge in [0.2, 0.25) is 5.91 Å². The van der Waals surface area contributed by atoms with Gasteiger partial charge in [-0.25, -0.2) is 4.79 Å². The SMILES string of the molecule is Cc1c(CC(=O)N2CCC3(O)CCCCC3C2)c(=O)oc2cc(O)ccc12. The van der Waals surface area contributed by atoms with E-state index in [1.54, 1.807) is 17.9 Å². The molecule has 2 fully saturated rings. The van der Waals surface area contributed by atoms with E-state index in [0.29, 0.717) is 36.2 Å². The first-order chi connectivity index (χ1) is 12.9. The highest BCUT2D eigenvalue weighted by Crippen LogP contribution is 2.39. The molecule has 0 bridgehead atoms. The Kier molecular flexibility index (Phi) is 4.46. The first-order valence-electron chi connectivity index (χ1n) is 9.63. The number of likely N-dealkylation sites (tertiary alicyclic amines) is 1. The molecule has 2 atom stereocenters. The van der Waals surface area contributed by atoms with E-state index >= 15 is 0 Å². The maximum Gasteiger partial charge on any atom is 0.340 e. The van der Waals surface area contributed by atoms with E-state index in [-0.39, 0.29) is 24.0 Å². The molecular weight excluding hydrogens is 346 g/mol. The van der Waals surface area contributed by atoms with E-state index in [2.05, 4.69) is 0 Å². The van der Waals surface area contributed by atoms with Gasteiger partial charge in [-0.2, -0.15) is 0 Å². The van der Waals surface area contributed by atoms with Crippen molar-refractivity contribution in [3.63, 3.8) is 0 Å². The molecule has 6 heteroatoms. The first-order valence-corrected chi connectivity index (χ1v) is 9.63. The van der Waals surface area contributed by atoms with Crippen molar-refractivity contribution in [2.75, 3.05) is 13.1 Å². The molecule has 4 rings (SSSR count). The largest absolute Gasteiger partial charge is 0.508 e. The molecule has 1 aliphatic heterocycles. The normalized spacial score (nSPS) is 25.4. The summed E-state index contributed by atoms with van der Waals surface area (Å²) in [5, 5.41) is 21.1. The maximum absolute atomic E-state index is 12.9. The number of benzene rings is 1. The van der Waals surface area contributed by atoms with Crippen LogP contribution in [0.1, 0.15) is 43.2 Å². The fraction of sp³-hybridized carbons (Fsp3) is 0.524. The number of nitrogens with zero attached hydrogens (tertiary/aromatic N) is 1. The molecule has 1 aromatic carbocycles. The van der Waals surface area contributed by atoms with Crippen LogP contribution in [-0.2, 0) is 11.2 Å². The topological polar surface area (TPSA) is 91.0 Å². The Balaban J connectivity index is 1.56. The Morgan fingerprint density at radius 3 is 2.96 bits per heavy atom. The molecule has 2 heterocycles. The van der Waals surface area contributed by atoms with Gasteiger partial charge in [0.1, 0.15) is 11.3 Å². The van der Waals surface area contributed by atoms with Crippen LogP contribution in [0.15, 0.2) is 27.4 Å². The number of aromatic hydroxyl groups is 1. The highest BCUT2D eigenvalue weighted by molar-refractivity contribution is 5.85. The lowest BCUT2D eigenvalue weighted by atomic mass is 9.71. The fourth-order valence-corrected chi connectivity index (χ4v) is 4.65. The monoisotopic (exact) mass is 371 g/mol. The predicted molar refractivity (Wildman–Crippen MR) is 101 cm³/mol. The molecule has 6 nitrogen and oxygen atoms in total. The summed E-state index contributed by atoms with van der Waals surface area (Å²) in [5.41, 5.74) is 0.224. The van der Waals surface area contributed by atoms with Crippen LogP contribution < -0.4 is 5.63 Å². The van der Waals surface area contributed by atoms with Crippen LogP contribution in [0.3, 0.4) is 0 Å². The first kappa shape index (κ1) is 18.0. The van der Waals surface area contributed by atoms with Gasteiger partial charge in [0, 0.05) is 30.5 Å². The minimum atomic E-state index is -0.630. The highest BCUT2D eigenvalue weighted by Gasteiger charge is 2.43. The van der Waals surface area contributed by atoms with Crippen molar-refractivity contribution in [3.05, 3.63) is 39.7 Å². The molecule has 2 aliphatic rings. The van der Waals surface area contributed by atoms with E-state index in [1.807, 2.05) is 0 Å². The summed E-state index contributed by atoms with van der Waals surface area (Å²) in [5.74, 6) is 0.0550. The Labute approximate surface area is 157 Å². The summed E-state index contributed by atoms with van der Waals surface area (Å²) in [4.78, 5) is 27.1. The smallest absolute Gasteiger partial charge is 0.340 e. The van der Waals surface area contributed by atoms with Crippen LogP contribution in [0.25, 0.3) is 11.0 Å². The van der Waals surface area contributed by atoms with Crippen LogP contribution in [0, 0.1) is 12.8 Å². The van der Waals surface area contributed by atoms with Gasteiger partial charge in [-0.05, 0) is 43.9 Å². The second-order valence-corrected chi connectivity index (χ2v) is 7.99. The van der Waals surface area contributed by atoms with Gasteiger partial charge >= 0.3 is 5.63 Å². The molecule has 1 aromatic heterocycles. The van der Waals surface area contributed by atoms with Gasteiger partial charge in [-0.15, -0.1) is 0 Å². The quantitative estimate of drug-likeness (QED) is 0.792. The second kappa shape index (κ2) is 6.68. The number of hydrogen-bond donors (Lipinski definition) is 2. The average Bonchev–Trinajstić information content (AvgIpc) is 2.63. The molecule has 1 amide bonds. The number of carbonyl (C=O) groups is 1. The summed E-state index contributed by atoms with van der Waals surface area (Å²) in [7, 11) is 0. The average molecular weight is 371 g/mol. The Morgan fingerprint density at radius 2 is 2.15 bits per heavy atom. The molecule has 1 saturated carbocycles. The second-order valence-electron chi connectivity index (χ2n) is 7.99. The van der Waals surface area contributed by atoms with Crippen LogP contribution >= 0.6 is 0 Å². The number of phenols is 1. The predicted octanol–water partition coefficient (Wildman–Crippen LogP) is 2.50. The molecule has 144 valence electrons. The third-order valence-corrected chi connectivity index (χ3v) is 6.38. The third kappa shape index (κ3) is 3.23. The van der Waals surface area contributed by atoms with Gasteiger partial charge < -0.3 is 19.5 Å². The zero-order chi connectivity index (χ0) is 19.2. The number of aryl methyl sites for hydroxylation is 1. The maximum atomic E-state index is 12.9. The van der Waals surface area contributed by atoms with Crippen molar-refractivity contribution >= 4 is 16.9 Å². The number of rotatable bonds is 2. The Hall–Kier alpha value is -2.34. The van der Waals surface area contributed by atoms with E-state index < -0.39 is 11.2 Å². The lowest BCUT2D eigenvalue weighted by Crippen LogP contribution is -2.55. The molecular formula is C21H25NO5. The zero-order valence-electron chi connectivity index (χ0n) is 15.5. The lowest BCUT2D eigenvalue weighted by molar-refractivity contribution is -0.142. The van der Waals surface area contributed by atoms with Crippen molar-refractivity contribution < 1.29 is 19.4 Å². The molecule has 27 heavy (non-hydrogen) atoms. The zero-order valence-corrected chi connectivity index (χ0v) is 15.5. The van der Waals surface area contributed by atoms with E-state index in [4.69, 9.17) is 4.42 Å². The molecule has 0 spiro atoms. The van der Waals surface area contributed by atoms with Gasteiger partial charge in [0.05, 0.1) is 17.6 Å². The molecule has 0 radical (unpaired) electrons. The van der Waals surface area contributed by atoms with Crippen molar-refractivity contribution in [1.29, 1.82) is 0 Å². The number of aliphatic hydroxyl groups is 1. The standard InChI is InChI=1S/C21H25NO5/c1-13-16-6-5-15(23)10-18(16)27-20(25)17(13)11-19(24)22-9-8-21(26)7-3-2-4-14(21)12-22/h5-6,10,14,23,26H,2-4,7-9,11-12H2,1H3. The van der Waals surface area contributed by atoms with E-state index in [1.165, 1.54) is 12.1 Å². The van der Waals surface area contributed by atoms with Gasteiger partial charge in [0.15, 0.2) is 0 Å². The van der Waals surface area contributed by atoms with Crippen LogP contribution in [0.4, 0.5) is 0 Å². The lowest BCUT2D eigenvalue weighted by Gasteiger charge is -2.47. The number of piperidine rings is 1. The summed E-state index contributed by atoms with van der Waals surface area (Å²) in [6.45, 7) is 2.88. The highest BCUT2D eigenvalue weighted by atomic mass is 16.4. The van der Waals surface area contributed by atoms with Crippen LogP contribution in [0.5, 0.6) is 5.75 Å². The van der Waals surface area contributed by atoms with Crippen molar-refractivity contribution in [1.82, 2.24) is 4.90 Å². The summed E-state index contributed by atoms with van der Waals surface area (Å²) < 4.78 is 5.32. The number of carbonyl (C=O) groups excluding carboxylic acids is 1. The molecule has 1 aliphatic carbocycles. The Morgan fingerprint density at radius 1 is 1.33 bits per heavy atom. The van der Waals surface area contributed by atoms with E-state index in [0.717, 1.165) is 31.1 Å². The third-order valence-electron chi connectivity index (χ3n) is 6.38. The fourth-order valence-electron chi connectivity index (χ4n) is 4.65. The van der Waals surface area contributed by atoms with Crippen molar-refractivity contribution in [2.24, 2.45) is 5.92 Å². The molecule has 2 aromatic rings. The van der Waals surface area contributed by atoms with Gasteiger partial charge in [-0.1, -0.05) is 12.8 Å². The minimum absolute atomic E-state index is 0.00384. The molecule has 2 N–H and O–H groups in total. The number of phenolic OH excluding ortho intramolecular Hbond substituents is 1. The van der Waals surface area contributed by atoms with Crippen LogP contribution in [-0.4, -0.2) is 39.7 Å². The van der Waals surface area contributed by atoms with E-state index in [9.17, 15) is 19.8 Å². The minimum Gasteiger partial charge on any atom is -0.508 e. The van der Waals surface area contributed by atoms with Gasteiger partial charge in [-0.3, -0.25) is 4.79 Å². The summed E-state index contributed by atoms with van der Waals surface area (Å²) in [6.07, 6.45) is 4.51. The molecule has 2 unspecified atom stereocenters. The summed E-state index contributed by atoms with van der Waals surface area (Å²) >= 11 is 0. The van der Waals surface area contributed by atoms with Crippen molar-refractivity contribution in [3.8, 4) is 5.75 Å². The van der Waals surface area contributed by atoms with Gasteiger partial charge in [0.25, 0.3) is 0 Å². The Bertz CT molecular complexity index is 949. The number of hydrogen-bond acceptors (Lipinski definition) is 5. The number of amides is 1. The van der Waals surface area contributed by atoms with Crippen molar-refractivity contribution in [2.45, 2.75) is 51.0 Å². The molecule has 1 saturated heterocycles.